The highest BCUT2D eigenvalue weighted by Gasteiger charge is 2.17. The van der Waals surface area contributed by atoms with Gasteiger partial charge in [-0.2, -0.15) is 0 Å². The van der Waals surface area contributed by atoms with Crippen LogP contribution in [0.3, 0.4) is 0 Å². The van der Waals surface area contributed by atoms with Gasteiger partial charge in [-0.1, -0.05) is 12.1 Å². The van der Waals surface area contributed by atoms with Crippen molar-refractivity contribution in [1.82, 2.24) is 9.97 Å². The lowest BCUT2D eigenvalue weighted by Crippen LogP contribution is -1.93. The second-order valence-corrected chi connectivity index (χ2v) is 7.94. The van der Waals surface area contributed by atoms with Crippen molar-refractivity contribution >= 4 is 39.1 Å². The Kier molecular flexibility index (Phi) is 5.71. The highest BCUT2D eigenvalue weighted by molar-refractivity contribution is 7.99. The number of thiophene rings is 1. The van der Waals surface area contributed by atoms with Gasteiger partial charge in [-0.15, -0.1) is 23.1 Å². The van der Waals surface area contributed by atoms with Gasteiger partial charge in [0.05, 0.1) is 12.0 Å². The number of carbonyl (C=O) groups excluding carboxylic acids is 1. The molecule has 6 heteroatoms. The molecule has 2 heterocycles. The molecule has 0 spiro atoms. The lowest BCUT2D eigenvalue weighted by atomic mass is 10.0. The number of fused-ring (bicyclic) bond motifs is 1. The van der Waals surface area contributed by atoms with Gasteiger partial charge in [0.1, 0.15) is 27.7 Å². The summed E-state index contributed by atoms with van der Waals surface area (Å²) in [4.78, 5) is 22.3. The Morgan fingerprint density at radius 1 is 1.24 bits per heavy atom. The minimum absolute atomic E-state index is 0.200. The molecule has 130 valence electrons. The van der Waals surface area contributed by atoms with Gasteiger partial charge in [0.2, 0.25) is 0 Å². The summed E-state index contributed by atoms with van der Waals surface area (Å²) in [5.41, 5.74) is 2.31. The predicted octanol–water partition coefficient (Wildman–Crippen LogP) is 5.14. The number of rotatable bonds is 7. The van der Waals surface area contributed by atoms with Gasteiger partial charge in [-0.25, -0.2) is 9.97 Å². The van der Waals surface area contributed by atoms with Crippen molar-refractivity contribution in [2.75, 3.05) is 12.4 Å². The number of hydrogen-bond donors (Lipinski definition) is 0. The van der Waals surface area contributed by atoms with Crippen LogP contribution in [-0.2, 0) is 4.79 Å². The third kappa shape index (κ3) is 4.02. The molecule has 0 fully saturated rings. The molecule has 0 aliphatic heterocycles. The van der Waals surface area contributed by atoms with Crippen LogP contribution in [0, 0.1) is 6.92 Å². The van der Waals surface area contributed by atoms with Crippen LogP contribution in [-0.4, -0.2) is 28.1 Å². The van der Waals surface area contributed by atoms with E-state index in [0.29, 0.717) is 13.0 Å². The first-order valence-corrected chi connectivity index (χ1v) is 10.00. The molecule has 0 amide bonds. The van der Waals surface area contributed by atoms with E-state index in [0.717, 1.165) is 32.3 Å². The smallest absolute Gasteiger partial charge is 0.130 e. The predicted molar refractivity (Wildman–Crippen MR) is 105 cm³/mol. The molecule has 0 aliphatic carbocycles. The van der Waals surface area contributed by atoms with Gasteiger partial charge in [0.25, 0.3) is 0 Å². The maximum Gasteiger partial charge on any atom is 0.130 e. The van der Waals surface area contributed by atoms with Crippen molar-refractivity contribution in [3.8, 4) is 16.9 Å². The second kappa shape index (κ2) is 7.97. The maximum atomic E-state index is 11.2. The van der Waals surface area contributed by atoms with Crippen LogP contribution >= 0.6 is 23.1 Å². The first-order chi connectivity index (χ1) is 12.1. The SMILES string of the molecule is CCOc1ccc(-c2c(C)sc3ncnc(SCCC(C)=O)c23)cc1. The Bertz CT molecular complexity index is 888. The van der Waals surface area contributed by atoms with E-state index >= 15 is 0 Å². The van der Waals surface area contributed by atoms with Crippen LogP contribution in [0.25, 0.3) is 21.3 Å². The van der Waals surface area contributed by atoms with Crippen LogP contribution in [0.15, 0.2) is 35.6 Å². The van der Waals surface area contributed by atoms with E-state index in [1.807, 2.05) is 19.1 Å². The molecular formula is C19H20N2O2S2. The monoisotopic (exact) mass is 372 g/mol. The summed E-state index contributed by atoms with van der Waals surface area (Å²) in [7, 11) is 0. The minimum atomic E-state index is 0.200. The molecule has 25 heavy (non-hydrogen) atoms. The van der Waals surface area contributed by atoms with Crippen LogP contribution in [0.2, 0.25) is 0 Å². The average Bonchev–Trinajstić information content (AvgIpc) is 2.92. The Morgan fingerprint density at radius 2 is 2.00 bits per heavy atom. The molecule has 0 unspecified atom stereocenters. The van der Waals surface area contributed by atoms with E-state index in [4.69, 9.17) is 4.74 Å². The molecule has 3 aromatic rings. The topological polar surface area (TPSA) is 52.1 Å². The summed E-state index contributed by atoms with van der Waals surface area (Å²) in [6.07, 6.45) is 2.16. The number of nitrogens with zero attached hydrogens (tertiary/aromatic N) is 2. The molecule has 0 atom stereocenters. The number of Topliss-reactive ketones (excluding diaryl/α,β-unsaturated/α-hetero) is 1. The Labute approximate surface area is 155 Å². The van der Waals surface area contributed by atoms with Crippen molar-refractivity contribution < 1.29 is 9.53 Å². The van der Waals surface area contributed by atoms with Gasteiger partial charge >= 0.3 is 0 Å². The molecule has 2 aromatic heterocycles. The fourth-order valence-corrected chi connectivity index (χ4v) is 4.78. The molecule has 0 saturated heterocycles. The average molecular weight is 373 g/mol. The first kappa shape index (κ1) is 17.9. The number of carbonyl (C=O) groups is 1. The van der Waals surface area contributed by atoms with E-state index in [2.05, 4.69) is 29.0 Å². The third-order valence-corrected chi connectivity index (χ3v) is 5.78. The van der Waals surface area contributed by atoms with E-state index < -0.39 is 0 Å². The number of benzene rings is 1. The summed E-state index contributed by atoms with van der Waals surface area (Å²) in [5.74, 6) is 1.81. The molecule has 1 aromatic carbocycles. The van der Waals surface area contributed by atoms with Gasteiger partial charge in [-0.05, 0) is 38.5 Å². The molecule has 0 aliphatic rings. The number of aryl methyl sites for hydroxylation is 1. The summed E-state index contributed by atoms with van der Waals surface area (Å²) in [5, 5.41) is 2.03. The molecule has 0 saturated carbocycles. The van der Waals surface area contributed by atoms with E-state index in [1.54, 1.807) is 36.3 Å². The van der Waals surface area contributed by atoms with Crippen LogP contribution in [0.1, 0.15) is 25.1 Å². The highest BCUT2D eigenvalue weighted by atomic mass is 32.2. The molecule has 0 bridgehead atoms. The van der Waals surface area contributed by atoms with Crippen LogP contribution in [0.5, 0.6) is 5.75 Å². The van der Waals surface area contributed by atoms with Gasteiger partial charge < -0.3 is 4.74 Å². The first-order valence-electron chi connectivity index (χ1n) is 8.19. The Morgan fingerprint density at radius 3 is 2.68 bits per heavy atom. The van der Waals surface area contributed by atoms with Gasteiger partial charge in [0, 0.05) is 22.6 Å². The van der Waals surface area contributed by atoms with Crippen molar-refractivity contribution in [2.24, 2.45) is 0 Å². The summed E-state index contributed by atoms with van der Waals surface area (Å²) in [6.45, 7) is 6.37. The zero-order valence-electron chi connectivity index (χ0n) is 14.5. The molecule has 3 rings (SSSR count). The highest BCUT2D eigenvalue weighted by Crippen LogP contribution is 2.41. The van der Waals surface area contributed by atoms with Crippen LogP contribution < -0.4 is 4.74 Å². The second-order valence-electron chi connectivity index (χ2n) is 5.65. The number of hydrogen-bond acceptors (Lipinski definition) is 6. The van der Waals surface area contributed by atoms with E-state index in [1.165, 1.54) is 10.4 Å². The molecule has 0 N–H and O–H groups in total. The van der Waals surface area contributed by atoms with E-state index in [9.17, 15) is 4.79 Å². The fraction of sp³-hybridized carbons (Fsp3) is 0.316. The molecule has 4 nitrogen and oxygen atoms in total. The number of thioether (sulfide) groups is 1. The zero-order chi connectivity index (χ0) is 17.8. The maximum absolute atomic E-state index is 11.2. The number of ketones is 1. The van der Waals surface area contributed by atoms with E-state index in [-0.39, 0.29) is 5.78 Å². The largest absolute Gasteiger partial charge is 0.494 e. The van der Waals surface area contributed by atoms with Gasteiger partial charge in [-0.3, -0.25) is 4.79 Å². The quantitative estimate of drug-likeness (QED) is 0.425. The molecular weight excluding hydrogens is 352 g/mol. The lowest BCUT2D eigenvalue weighted by Gasteiger charge is -2.07. The lowest BCUT2D eigenvalue weighted by molar-refractivity contribution is -0.116. The molecule has 0 radical (unpaired) electrons. The fourth-order valence-electron chi connectivity index (χ4n) is 2.65. The van der Waals surface area contributed by atoms with Gasteiger partial charge in [0.15, 0.2) is 0 Å². The summed E-state index contributed by atoms with van der Waals surface area (Å²) in [6, 6.07) is 8.15. The third-order valence-electron chi connectivity index (χ3n) is 3.78. The standard InChI is InChI=1S/C19H20N2O2S2/c1-4-23-15-7-5-14(6-8-15)16-13(3)25-19-17(16)18(20-11-21-19)24-10-9-12(2)22/h5-8,11H,4,9-10H2,1-3H3. The Hall–Kier alpha value is -1.92. The van der Waals surface area contributed by atoms with Crippen LogP contribution in [0.4, 0.5) is 0 Å². The zero-order valence-corrected chi connectivity index (χ0v) is 16.2. The number of aromatic nitrogens is 2. The Balaban J connectivity index is 2.01. The summed E-state index contributed by atoms with van der Waals surface area (Å²) >= 11 is 3.30. The van der Waals surface area contributed by atoms with Crippen molar-refractivity contribution in [3.05, 3.63) is 35.5 Å². The van der Waals surface area contributed by atoms with Crippen molar-refractivity contribution in [1.29, 1.82) is 0 Å². The summed E-state index contributed by atoms with van der Waals surface area (Å²) < 4.78 is 5.54. The van der Waals surface area contributed by atoms with Crippen molar-refractivity contribution in [2.45, 2.75) is 32.2 Å². The minimum Gasteiger partial charge on any atom is -0.494 e. The normalized spacial score (nSPS) is 11.0. The van der Waals surface area contributed by atoms with Crippen molar-refractivity contribution in [3.63, 3.8) is 0 Å². The number of ether oxygens (including phenoxy) is 1.